The van der Waals surface area contributed by atoms with Gasteiger partial charge in [-0.2, -0.15) is 15.0 Å². The molecule has 2 aromatic heterocycles. The molecule has 6 nitrogen and oxygen atoms in total. The molecule has 3 rings (SSSR count). The minimum Gasteiger partial charge on any atom is -0.327 e. The third-order valence-electron chi connectivity index (χ3n) is 2.92. The molecule has 0 spiro atoms. The molecule has 0 radical (unpaired) electrons. The summed E-state index contributed by atoms with van der Waals surface area (Å²) in [6, 6.07) is 12.0. The first kappa shape index (κ1) is 11.9. The summed E-state index contributed by atoms with van der Waals surface area (Å²) in [7, 11) is 0. The fourth-order valence-corrected chi connectivity index (χ4v) is 1.99. The van der Waals surface area contributed by atoms with Crippen molar-refractivity contribution in [3.63, 3.8) is 0 Å². The Bertz CT molecular complexity index is 949. The molecule has 0 bridgehead atoms. The van der Waals surface area contributed by atoms with Crippen molar-refractivity contribution in [2.75, 3.05) is 0 Å². The molecule has 20 heavy (non-hydrogen) atoms. The maximum Gasteiger partial charge on any atom is 0.290 e. The summed E-state index contributed by atoms with van der Waals surface area (Å²) in [5, 5.41) is 13.5. The first-order valence-electron chi connectivity index (χ1n) is 5.82. The maximum atomic E-state index is 12.3. The van der Waals surface area contributed by atoms with E-state index in [-0.39, 0.29) is 16.5 Å². The average Bonchev–Trinajstić information content (AvgIpc) is 2.48. The number of aromatic amines is 1. The van der Waals surface area contributed by atoms with Gasteiger partial charge in [-0.3, -0.25) is 9.59 Å². The van der Waals surface area contributed by atoms with Crippen molar-refractivity contribution in [1.29, 1.82) is 5.26 Å². The number of para-hydroxylation sites is 1. The number of H-pyrrole nitrogens is 1. The molecule has 2 heterocycles. The quantitative estimate of drug-likeness (QED) is 0.708. The zero-order valence-corrected chi connectivity index (χ0v) is 10.2. The number of nitrogens with zero attached hydrogens (tertiary/aromatic N) is 3. The van der Waals surface area contributed by atoms with Gasteiger partial charge in [0.05, 0.1) is 5.69 Å². The topological polar surface area (TPSA) is 91.5 Å². The summed E-state index contributed by atoms with van der Waals surface area (Å²) in [5.41, 5.74) is -0.517. The highest BCUT2D eigenvalue weighted by Gasteiger charge is 2.13. The summed E-state index contributed by atoms with van der Waals surface area (Å²) in [5.74, 6) is 0. The first-order valence-corrected chi connectivity index (χ1v) is 5.82. The number of nitrogens with one attached hydrogen (secondary N) is 1. The smallest absolute Gasteiger partial charge is 0.290 e. The van der Waals surface area contributed by atoms with Gasteiger partial charge >= 0.3 is 0 Å². The first-order chi connectivity index (χ1) is 9.72. The Morgan fingerprint density at radius 3 is 2.60 bits per heavy atom. The van der Waals surface area contributed by atoms with Crippen LogP contribution in [0.1, 0.15) is 5.56 Å². The molecular formula is C14H8N4O2. The van der Waals surface area contributed by atoms with E-state index in [1.165, 1.54) is 12.3 Å². The lowest BCUT2D eigenvalue weighted by Gasteiger charge is -2.06. The lowest BCUT2D eigenvalue weighted by molar-refractivity contribution is 0.824. The number of rotatable bonds is 1. The molecule has 0 saturated heterocycles. The third kappa shape index (κ3) is 1.69. The molecule has 0 saturated carbocycles. The van der Waals surface area contributed by atoms with E-state index in [1.807, 2.05) is 6.07 Å². The number of hydrogen-bond acceptors (Lipinski definition) is 4. The van der Waals surface area contributed by atoms with Crippen molar-refractivity contribution >= 4 is 10.9 Å². The molecule has 1 aromatic carbocycles. The molecule has 1 N–H and O–H groups in total. The van der Waals surface area contributed by atoms with Crippen LogP contribution < -0.4 is 11.1 Å². The number of fused-ring (bicyclic) bond motifs is 1. The van der Waals surface area contributed by atoms with E-state index in [0.29, 0.717) is 5.69 Å². The second-order valence-electron chi connectivity index (χ2n) is 4.11. The second-order valence-corrected chi connectivity index (χ2v) is 4.11. The van der Waals surface area contributed by atoms with E-state index in [0.717, 1.165) is 4.68 Å². The Labute approximate surface area is 112 Å². The van der Waals surface area contributed by atoms with Crippen LogP contribution in [0.4, 0.5) is 0 Å². The van der Waals surface area contributed by atoms with Crippen molar-refractivity contribution in [3.8, 4) is 11.8 Å². The predicted octanol–water partition coefficient (Wildman–Crippen LogP) is 0.946. The fourth-order valence-electron chi connectivity index (χ4n) is 1.99. The average molecular weight is 264 g/mol. The van der Waals surface area contributed by atoms with Crippen LogP contribution in [0.25, 0.3) is 16.6 Å². The molecule has 0 amide bonds. The Balaban J connectivity index is 2.51. The zero-order valence-electron chi connectivity index (χ0n) is 10.2. The SMILES string of the molecule is N#Cc1c(=O)n(-c2ccccc2)nc2c(=O)[nH]ccc12. The van der Waals surface area contributed by atoms with Crippen LogP contribution >= 0.6 is 0 Å². The molecule has 96 valence electrons. The second kappa shape index (κ2) is 4.48. The van der Waals surface area contributed by atoms with Gasteiger partial charge < -0.3 is 4.98 Å². The van der Waals surface area contributed by atoms with Gasteiger partial charge in [-0.1, -0.05) is 18.2 Å². The summed E-state index contributed by atoms with van der Waals surface area (Å²) in [4.78, 5) is 26.6. The van der Waals surface area contributed by atoms with E-state index in [4.69, 9.17) is 0 Å². The largest absolute Gasteiger partial charge is 0.327 e. The molecular weight excluding hydrogens is 256 g/mol. The van der Waals surface area contributed by atoms with Crippen LogP contribution in [0.5, 0.6) is 0 Å². The van der Waals surface area contributed by atoms with Crippen LogP contribution in [-0.4, -0.2) is 14.8 Å². The van der Waals surface area contributed by atoms with Crippen molar-refractivity contribution in [2.45, 2.75) is 0 Å². The Morgan fingerprint density at radius 2 is 1.90 bits per heavy atom. The molecule has 3 aromatic rings. The molecule has 0 aliphatic heterocycles. The Hall–Kier alpha value is -3.20. The van der Waals surface area contributed by atoms with Crippen LogP contribution in [0.3, 0.4) is 0 Å². The highest BCUT2D eigenvalue weighted by molar-refractivity contribution is 5.82. The standard InChI is InChI=1S/C14H8N4O2/c15-8-11-10-6-7-16-13(19)12(10)17-18(14(11)20)9-4-2-1-3-5-9/h1-7H,(H,16,19). The van der Waals surface area contributed by atoms with E-state index in [2.05, 4.69) is 10.1 Å². The molecule has 0 aliphatic rings. The van der Waals surface area contributed by atoms with E-state index >= 15 is 0 Å². The van der Waals surface area contributed by atoms with Gasteiger partial charge in [0.15, 0.2) is 5.52 Å². The van der Waals surface area contributed by atoms with Gasteiger partial charge in [0.25, 0.3) is 11.1 Å². The van der Waals surface area contributed by atoms with Gasteiger partial charge in [0, 0.05) is 11.6 Å². The summed E-state index contributed by atoms with van der Waals surface area (Å²) in [6.07, 6.45) is 1.39. The van der Waals surface area contributed by atoms with Gasteiger partial charge in [-0.25, -0.2) is 0 Å². The van der Waals surface area contributed by atoms with Crippen molar-refractivity contribution in [1.82, 2.24) is 14.8 Å². The summed E-state index contributed by atoms with van der Waals surface area (Å²) in [6.45, 7) is 0. The van der Waals surface area contributed by atoms with Gasteiger partial charge in [0.1, 0.15) is 11.6 Å². The minimum absolute atomic E-state index is 0.0625. The monoisotopic (exact) mass is 264 g/mol. The lowest BCUT2D eigenvalue weighted by atomic mass is 10.2. The number of benzene rings is 1. The van der Waals surface area contributed by atoms with Gasteiger partial charge in [0.2, 0.25) is 0 Å². The molecule has 0 atom stereocenters. The Morgan fingerprint density at radius 1 is 1.15 bits per heavy atom. The fraction of sp³-hybridized carbons (Fsp3) is 0. The predicted molar refractivity (Wildman–Crippen MR) is 72.7 cm³/mol. The highest BCUT2D eigenvalue weighted by atomic mass is 16.1. The normalized spacial score (nSPS) is 10.3. The molecule has 0 fully saturated rings. The van der Waals surface area contributed by atoms with Crippen molar-refractivity contribution < 1.29 is 0 Å². The van der Waals surface area contributed by atoms with E-state index < -0.39 is 11.1 Å². The zero-order chi connectivity index (χ0) is 14.1. The summed E-state index contributed by atoms with van der Waals surface area (Å²) < 4.78 is 1.07. The van der Waals surface area contributed by atoms with E-state index in [9.17, 15) is 14.9 Å². The van der Waals surface area contributed by atoms with Crippen LogP contribution in [0.2, 0.25) is 0 Å². The number of aromatic nitrogens is 3. The van der Waals surface area contributed by atoms with Crippen molar-refractivity contribution in [2.24, 2.45) is 0 Å². The molecule has 6 heteroatoms. The molecule has 0 unspecified atom stereocenters. The van der Waals surface area contributed by atoms with Crippen molar-refractivity contribution in [3.05, 3.63) is 68.9 Å². The van der Waals surface area contributed by atoms with Crippen LogP contribution in [-0.2, 0) is 0 Å². The number of hydrogen-bond donors (Lipinski definition) is 1. The van der Waals surface area contributed by atoms with Gasteiger partial charge in [-0.05, 0) is 18.2 Å². The van der Waals surface area contributed by atoms with Gasteiger partial charge in [-0.15, -0.1) is 0 Å². The third-order valence-corrected chi connectivity index (χ3v) is 2.92. The molecule has 0 aliphatic carbocycles. The van der Waals surface area contributed by atoms with Crippen LogP contribution in [0.15, 0.2) is 52.2 Å². The Kier molecular flexibility index (Phi) is 2.66. The van der Waals surface area contributed by atoms with E-state index in [1.54, 1.807) is 30.3 Å². The summed E-state index contributed by atoms with van der Waals surface area (Å²) >= 11 is 0. The van der Waals surface area contributed by atoms with Crippen LogP contribution in [0, 0.1) is 11.3 Å². The minimum atomic E-state index is -0.545. The number of nitriles is 1. The maximum absolute atomic E-state index is 12.3. The lowest BCUT2D eigenvalue weighted by Crippen LogP contribution is -2.26. The highest BCUT2D eigenvalue weighted by Crippen LogP contribution is 2.10. The number of pyridine rings is 1.